The van der Waals surface area contributed by atoms with Crippen LogP contribution in [0.4, 0.5) is 5.69 Å². The van der Waals surface area contributed by atoms with Crippen LogP contribution in [0.25, 0.3) is 0 Å². The summed E-state index contributed by atoms with van der Waals surface area (Å²) < 4.78 is 1.59. The van der Waals surface area contributed by atoms with Gasteiger partial charge < -0.3 is 10.4 Å². The molecule has 0 amide bonds. The van der Waals surface area contributed by atoms with Crippen molar-refractivity contribution in [2.45, 2.75) is 13.1 Å². The number of hydrogen-bond acceptors (Lipinski definition) is 5. The number of pyridine rings is 1. The number of nitrogens with zero attached hydrogens (tertiary/aromatic N) is 4. The summed E-state index contributed by atoms with van der Waals surface area (Å²) in [5.41, 5.74) is 1.67. The molecular weight excluding hydrogens is 242 g/mol. The van der Waals surface area contributed by atoms with Gasteiger partial charge in [0, 0.05) is 11.9 Å². The van der Waals surface area contributed by atoms with E-state index in [4.69, 9.17) is 16.7 Å². The Kier molecular flexibility index (Phi) is 3.89. The molecule has 0 aliphatic heterocycles. The van der Waals surface area contributed by atoms with Crippen LogP contribution in [0.2, 0.25) is 5.15 Å². The van der Waals surface area contributed by atoms with E-state index in [1.54, 1.807) is 23.1 Å². The molecule has 2 rings (SSSR count). The predicted molar refractivity (Wildman–Crippen MR) is 63.7 cm³/mol. The van der Waals surface area contributed by atoms with Gasteiger partial charge in [-0.1, -0.05) is 16.8 Å². The SMILES string of the molecule is OCCn1cc(CNc2ccnc(Cl)c2)nn1. The molecule has 0 aliphatic carbocycles. The first kappa shape index (κ1) is 11.8. The zero-order valence-electron chi connectivity index (χ0n) is 9.04. The summed E-state index contributed by atoms with van der Waals surface area (Å²) in [7, 11) is 0. The number of rotatable bonds is 5. The molecule has 17 heavy (non-hydrogen) atoms. The van der Waals surface area contributed by atoms with E-state index in [0.29, 0.717) is 18.2 Å². The maximum absolute atomic E-state index is 8.74. The summed E-state index contributed by atoms with van der Waals surface area (Å²) in [6.45, 7) is 1.05. The summed E-state index contributed by atoms with van der Waals surface area (Å²) in [5.74, 6) is 0. The van der Waals surface area contributed by atoms with Gasteiger partial charge in [0.2, 0.25) is 0 Å². The highest BCUT2D eigenvalue weighted by Gasteiger charge is 2.00. The van der Waals surface area contributed by atoms with E-state index in [1.165, 1.54) is 0 Å². The van der Waals surface area contributed by atoms with Gasteiger partial charge in [0.05, 0.1) is 25.9 Å². The lowest BCUT2D eigenvalue weighted by molar-refractivity contribution is 0.268. The zero-order valence-corrected chi connectivity index (χ0v) is 9.80. The molecule has 0 aromatic carbocycles. The summed E-state index contributed by atoms with van der Waals surface area (Å²) in [4.78, 5) is 3.89. The van der Waals surface area contributed by atoms with Gasteiger partial charge in [0.1, 0.15) is 10.8 Å². The minimum absolute atomic E-state index is 0.0518. The van der Waals surface area contributed by atoms with Crippen LogP contribution < -0.4 is 5.32 Å². The minimum atomic E-state index is 0.0518. The Morgan fingerprint density at radius 3 is 3.12 bits per heavy atom. The van der Waals surface area contributed by atoms with E-state index < -0.39 is 0 Å². The first-order valence-corrected chi connectivity index (χ1v) is 5.51. The van der Waals surface area contributed by atoms with Crippen molar-refractivity contribution in [2.75, 3.05) is 11.9 Å². The molecule has 0 saturated heterocycles. The number of hydrogen-bond donors (Lipinski definition) is 2. The predicted octanol–water partition coefficient (Wildman–Crippen LogP) is 0.931. The number of halogens is 1. The van der Waals surface area contributed by atoms with Gasteiger partial charge in [-0.05, 0) is 12.1 Å². The molecule has 90 valence electrons. The Balaban J connectivity index is 1.93. The molecule has 0 bridgehead atoms. The quantitative estimate of drug-likeness (QED) is 0.776. The Hall–Kier alpha value is -1.66. The molecule has 0 spiro atoms. The Morgan fingerprint density at radius 1 is 1.47 bits per heavy atom. The topological polar surface area (TPSA) is 75.9 Å². The first-order valence-electron chi connectivity index (χ1n) is 5.13. The second kappa shape index (κ2) is 5.60. The molecule has 0 unspecified atom stereocenters. The van der Waals surface area contributed by atoms with E-state index in [2.05, 4.69) is 20.6 Å². The van der Waals surface area contributed by atoms with Crippen LogP contribution in [-0.2, 0) is 13.1 Å². The third-order valence-corrected chi connectivity index (χ3v) is 2.32. The summed E-state index contributed by atoms with van der Waals surface area (Å²) in [6, 6.07) is 3.56. The van der Waals surface area contributed by atoms with Crippen molar-refractivity contribution >= 4 is 17.3 Å². The van der Waals surface area contributed by atoms with E-state index in [1.807, 2.05) is 6.07 Å². The lowest BCUT2D eigenvalue weighted by Crippen LogP contribution is -2.02. The van der Waals surface area contributed by atoms with Crippen LogP contribution in [0.3, 0.4) is 0 Å². The second-order valence-corrected chi connectivity index (χ2v) is 3.80. The van der Waals surface area contributed by atoms with Crippen molar-refractivity contribution in [1.82, 2.24) is 20.0 Å². The minimum Gasteiger partial charge on any atom is -0.394 e. The molecule has 0 saturated carbocycles. The van der Waals surface area contributed by atoms with Crippen LogP contribution in [-0.4, -0.2) is 31.7 Å². The molecule has 2 aromatic rings. The van der Waals surface area contributed by atoms with Crippen LogP contribution in [0.15, 0.2) is 24.5 Å². The van der Waals surface area contributed by atoms with Gasteiger partial charge in [0.15, 0.2) is 0 Å². The summed E-state index contributed by atoms with van der Waals surface area (Å²) in [6.07, 6.45) is 3.42. The fourth-order valence-corrected chi connectivity index (χ4v) is 1.51. The van der Waals surface area contributed by atoms with Crippen molar-refractivity contribution in [2.24, 2.45) is 0 Å². The normalized spacial score (nSPS) is 10.5. The number of anilines is 1. The standard InChI is InChI=1S/C10H12ClN5O/c11-10-5-8(1-2-12-10)13-6-9-7-16(3-4-17)15-14-9/h1-2,5,7,17H,3-4,6H2,(H,12,13). The lowest BCUT2D eigenvalue weighted by Gasteiger charge is -2.03. The highest BCUT2D eigenvalue weighted by atomic mass is 35.5. The van der Waals surface area contributed by atoms with Gasteiger partial charge in [0.25, 0.3) is 0 Å². The lowest BCUT2D eigenvalue weighted by atomic mass is 10.4. The van der Waals surface area contributed by atoms with E-state index >= 15 is 0 Å². The summed E-state index contributed by atoms with van der Waals surface area (Å²) in [5, 5.41) is 20.2. The van der Waals surface area contributed by atoms with Crippen LogP contribution in [0.1, 0.15) is 5.69 Å². The molecular formula is C10H12ClN5O. The zero-order chi connectivity index (χ0) is 12.1. The van der Waals surface area contributed by atoms with Crippen molar-refractivity contribution in [3.63, 3.8) is 0 Å². The van der Waals surface area contributed by atoms with Gasteiger partial charge in [-0.15, -0.1) is 5.10 Å². The third kappa shape index (κ3) is 3.40. The smallest absolute Gasteiger partial charge is 0.131 e. The monoisotopic (exact) mass is 253 g/mol. The Labute approximate surface area is 103 Å². The van der Waals surface area contributed by atoms with Gasteiger partial charge in [-0.2, -0.15) is 0 Å². The molecule has 0 atom stereocenters. The molecule has 6 nitrogen and oxygen atoms in total. The average Bonchev–Trinajstić information content (AvgIpc) is 2.75. The number of aromatic nitrogens is 4. The van der Waals surface area contributed by atoms with Crippen LogP contribution >= 0.6 is 11.6 Å². The van der Waals surface area contributed by atoms with E-state index in [-0.39, 0.29) is 6.61 Å². The van der Waals surface area contributed by atoms with Crippen molar-refractivity contribution in [3.05, 3.63) is 35.4 Å². The van der Waals surface area contributed by atoms with E-state index in [0.717, 1.165) is 11.4 Å². The number of aliphatic hydroxyl groups is 1. The van der Waals surface area contributed by atoms with Crippen LogP contribution in [0.5, 0.6) is 0 Å². The van der Waals surface area contributed by atoms with E-state index in [9.17, 15) is 0 Å². The number of aliphatic hydroxyl groups excluding tert-OH is 1. The van der Waals surface area contributed by atoms with Gasteiger partial charge in [-0.3, -0.25) is 0 Å². The van der Waals surface area contributed by atoms with Gasteiger partial charge in [-0.25, -0.2) is 9.67 Å². The molecule has 7 heteroatoms. The molecule has 0 aliphatic rings. The highest BCUT2D eigenvalue weighted by molar-refractivity contribution is 6.29. The van der Waals surface area contributed by atoms with Crippen LogP contribution in [0, 0.1) is 0 Å². The van der Waals surface area contributed by atoms with Crippen molar-refractivity contribution < 1.29 is 5.11 Å². The Morgan fingerprint density at radius 2 is 2.35 bits per heavy atom. The second-order valence-electron chi connectivity index (χ2n) is 3.42. The molecule has 2 N–H and O–H groups in total. The molecule has 0 fully saturated rings. The fourth-order valence-electron chi connectivity index (χ4n) is 1.34. The Bertz CT molecular complexity index is 487. The molecule has 2 heterocycles. The largest absolute Gasteiger partial charge is 0.394 e. The van der Waals surface area contributed by atoms with Gasteiger partial charge >= 0.3 is 0 Å². The number of nitrogens with one attached hydrogen (secondary N) is 1. The molecule has 2 aromatic heterocycles. The fraction of sp³-hybridized carbons (Fsp3) is 0.300. The third-order valence-electron chi connectivity index (χ3n) is 2.12. The average molecular weight is 254 g/mol. The summed E-state index contributed by atoms with van der Waals surface area (Å²) >= 11 is 5.76. The van der Waals surface area contributed by atoms with Crippen molar-refractivity contribution in [3.8, 4) is 0 Å². The molecule has 0 radical (unpaired) electrons. The maximum atomic E-state index is 8.74. The first-order chi connectivity index (χ1) is 8.28. The highest BCUT2D eigenvalue weighted by Crippen LogP contribution is 2.12. The maximum Gasteiger partial charge on any atom is 0.131 e. The van der Waals surface area contributed by atoms with Crippen molar-refractivity contribution in [1.29, 1.82) is 0 Å².